The van der Waals surface area contributed by atoms with Crippen molar-refractivity contribution in [3.8, 4) is 10.6 Å². The fourth-order valence-corrected chi connectivity index (χ4v) is 3.81. The number of imidazole rings is 1. The Hall–Kier alpha value is -0.880. The van der Waals surface area contributed by atoms with Crippen LogP contribution >= 0.6 is 34.3 Å². The summed E-state index contributed by atoms with van der Waals surface area (Å²) in [6, 6.07) is 3.93. The summed E-state index contributed by atoms with van der Waals surface area (Å²) in [7, 11) is 0. The Morgan fingerprint density at radius 1 is 1.38 bits per heavy atom. The molecule has 0 fully saturated rings. The van der Waals surface area contributed by atoms with E-state index in [0.29, 0.717) is 6.54 Å². The van der Waals surface area contributed by atoms with E-state index in [9.17, 15) is 0 Å². The second kappa shape index (κ2) is 3.85. The first kappa shape index (κ1) is 10.3. The van der Waals surface area contributed by atoms with Gasteiger partial charge in [0.2, 0.25) is 0 Å². The molecule has 0 aliphatic carbocycles. The highest BCUT2D eigenvalue weighted by molar-refractivity contribution is 7.20. The first-order chi connectivity index (χ1) is 7.79. The van der Waals surface area contributed by atoms with Crippen molar-refractivity contribution in [1.29, 1.82) is 0 Å². The fraction of sp³-hybridized carbons (Fsp3) is 0.100. The Kier molecular flexibility index (Phi) is 2.48. The molecule has 0 saturated carbocycles. The Morgan fingerprint density at radius 2 is 2.25 bits per heavy atom. The van der Waals surface area contributed by atoms with E-state index in [-0.39, 0.29) is 0 Å². The van der Waals surface area contributed by atoms with E-state index in [4.69, 9.17) is 17.3 Å². The summed E-state index contributed by atoms with van der Waals surface area (Å²) in [6.07, 6.45) is 3.75. The third kappa shape index (κ3) is 1.48. The summed E-state index contributed by atoms with van der Waals surface area (Å²) < 4.78 is 2.85. The minimum Gasteiger partial charge on any atom is -0.326 e. The van der Waals surface area contributed by atoms with Crippen molar-refractivity contribution in [1.82, 2.24) is 9.38 Å². The van der Waals surface area contributed by atoms with E-state index < -0.39 is 0 Å². The zero-order valence-electron chi connectivity index (χ0n) is 8.18. The van der Waals surface area contributed by atoms with Gasteiger partial charge in [-0.25, -0.2) is 4.98 Å². The molecular weight excluding hydrogens is 262 g/mol. The number of nitrogens with two attached hydrogens (primary N) is 1. The Balaban J connectivity index is 2.30. The average molecular weight is 270 g/mol. The van der Waals surface area contributed by atoms with Crippen molar-refractivity contribution in [2.75, 3.05) is 0 Å². The van der Waals surface area contributed by atoms with Gasteiger partial charge in [-0.15, -0.1) is 11.3 Å². The molecule has 2 N–H and O–H groups in total. The summed E-state index contributed by atoms with van der Waals surface area (Å²) in [4.78, 5) is 7.52. The van der Waals surface area contributed by atoms with E-state index >= 15 is 0 Å². The normalized spacial score (nSPS) is 11.4. The van der Waals surface area contributed by atoms with E-state index in [1.807, 2.05) is 18.3 Å². The molecule has 0 bridgehead atoms. The first-order valence-corrected chi connectivity index (χ1v) is 6.71. The van der Waals surface area contributed by atoms with Gasteiger partial charge in [0, 0.05) is 23.8 Å². The third-order valence-corrected chi connectivity index (χ3v) is 4.65. The number of thiazole rings is 1. The summed E-state index contributed by atoms with van der Waals surface area (Å²) in [5.41, 5.74) is 6.88. The minimum absolute atomic E-state index is 0.527. The lowest BCUT2D eigenvalue weighted by molar-refractivity contribution is 1.09. The van der Waals surface area contributed by atoms with Gasteiger partial charge in [-0.3, -0.25) is 4.40 Å². The van der Waals surface area contributed by atoms with E-state index in [2.05, 4.69) is 9.38 Å². The van der Waals surface area contributed by atoms with Crippen molar-refractivity contribution < 1.29 is 0 Å². The Morgan fingerprint density at radius 3 is 2.94 bits per heavy atom. The van der Waals surface area contributed by atoms with Crippen LogP contribution in [-0.4, -0.2) is 9.38 Å². The number of halogens is 1. The van der Waals surface area contributed by atoms with Crippen LogP contribution in [-0.2, 0) is 6.54 Å². The van der Waals surface area contributed by atoms with Gasteiger partial charge in [-0.2, -0.15) is 0 Å². The number of hydrogen-bond donors (Lipinski definition) is 1. The van der Waals surface area contributed by atoms with Crippen LogP contribution in [0.5, 0.6) is 0 Å². The molecule has 0 atom stereocenters. The molecule has 3 aromatic heterocycles. The van der Waals surface area contributed by atoms with Gasteiger partial charge in [-0.05, 0) is 12.1 Å². The maximum atomic E-state index is 5.96. The second-order valence-electron chi connectivity index (χ2n) is 3.26. The first-order valence-electron chi connectivity index (χ1n) is 4.70. The zero-order chi connectivity index (χ0) is 11.1. The summed E-state index contributed by atoms with van der Waals surface area (Å²) >= 11 is 9.15. The molecule has 3 nitrogen and oxygen atoms in total. The minimum atomic E-state index is 0.527. The fourth-order valence-electron chi connectivity index (χ4n) is 1.66. The lowest BCUT2D eigenvalue weighted by atomic mass is 10.3. The number of rotatable bonds is 2. The number of hydrogen-bond acceptors (Lipinski definition) is 4. The highest BCUT2D eigenvalue weighted by Gasteiger charge is 2.14. The van der Waals surface area contributed by atoms with Gasteiger partial charge in [0.1, 0.15) is 0 Å². The van der Waals surface area contributed by atoms with Crippen LogP contribution in [0, 0.1) is 0 Å². The van der Waals surface area contributed by atoms with Gasteiger partial charge in [0.15, 0.2) is 4.96 Å². The molecule has 0 unspecified atom stereocenters. The highest BCUT2D eigenvalue weighted by Crippen LogP contribution is 2.36. The van der Waals surface area contributed by atoms with Crippen LogP contribution in [0.3, 0.4) is 0 Å². The van der Waals surface area contributed by atoms with E-state index in [1.54, 1.807) is 28.9 Å². The smallest absolute Gasteiger partial charge is 0.194 e. The van der Waals surface area contributed by atoms with Crippen LogP contribution in [0.2, 0.25) is 4.34 Å². The maximum absolute atomic E-state index is 5.96. The molecule has 0 aliphatic rings. The predicted molar refractivity (Wildman–Crippen MR) is 69.3 cm³/mol. The molecule has 3 heterocycles. The van der Waals surface area contributed by atoms with Crippen LogP contribution in [0.25, 0.3) is 15.5 Å². The molecule has 16 heavy (non-hydrogen) atoms. The maximum Gasteiger partial charge on any atom is 0.194 e. The SMILES string of the molecule is NCc1sc2nccn2c1-c1ccc(Cl)s1. The summed E-state index contributed by atoms with van der Waals surface area (Å²) in [5, 5.41) is 0. The van der Waals surface area contributed by atoms with Crippen molar-refractivity contribution in [2.24, 2.45) is 5.73 Å². The standard InChI is InChI=1S/C10H8ClN3S2/c11-8-2-1-6(15-8)9-7(5-12)16-10-13-3-4-14(9)10/h1-4H,5,12H2. The molecule has 0 spiro atoms. The van der Waals surface area contributed by atoms with Crippen LogP contribution in [0.1, 0.15) is 4.88 Å². The number of fused-ring (bicyclic) bond motifs is 1. The van der Waals surface area contributed by atoms with Crippen molar-refractivity contribution >= 4 is 39.2 Å². The molecule has 0 radical (unpaired) electrons. The van der Waals surface area contributed by atoms with Crippen LogP contribution < -0.4 is 5.73 Å². The van der Waals surface area contributed by atoms with Crippen molar-refractivity contribution in [3.05, 3.63) is 33.7 Å². The van der Waals surface area contributed by atoms with E-state index in [1.165, 1.54) is 0 Å². The molecule has 3 rings (SSSR count). The number of thiophene rings is 1. The molecule has 0 amide bonds. The lowest BCUT2D eigenvalue weighted by Gasteiger charge is -1.98. The summed E-state index contributed by atoms with van der Waals surface area (Å²) in [5.74, 6) is 0. The van der Waals surface area contributed by atoms with Gasteiger partial charge >= 0.3 is 0 Å². The molecule has 82 valence electrons. The van der Waals surface area contributed by atoms with E-state index in [0.717, 1.165) is 24.7 Å². The molecule has 6 heteroatoms. The lowest BCUT2D eigenvalue weighted by Crippen LogP contribution is -1.96. The number of nitrogens with zero attached hydrogens (tertiary/aromatic N) is 2. The van der Waals surface area contributed by atoms with Crippen molar-refractivity contribution in [3.63, 3.8) is 0 Å². The monoisotopic (exact) mass is 269 g/mol. The molecule has 3 aromatic rings. The molecule has 0 aromatic carbocycles. The third-order valence-electron chi connectivity index (χ3n) is 2.32. The highest BCUT2D eigenvalue weighted by atomic mass is 35.5. The van der Waals surface area contributed by atoms with Gasteiger partial charge in [-0.1, -0.05) is 22.9 Å². The zero-order valence-corrected chi connectivity index (χ0v) is 10.6. The number of aromatic nitrogens is 2. The van der Waals surface area contributed by atoms with Gasteiger partial charge in [0.05, 0.1) is 14.9 Å². The van der Waals surface area contributed by atoms with Gasteiger partial charge in [0.25, 0.3) is 0 Å². The largest absolute Gasteiger partial charge is 0.326 e. The second-order valence-corrected chi connectivity index (χ2v) is 6.04. The van der Waals surface area contributed by atoms with Crippen LogP contribution in [0.15, 0.2) is 24.5 Å². The molecular formula is C10H8ClN3S2. The predicted octanol–water partition coefficient (Wildman–Crippen LogP) is 3.24. The van der Waals surface area contributed by atoms with Crippen LogP contribution in [0.4, 0.5) is 0 Å². The topological polar surface area (TPSA) is 43.3 Å². The summed E-state index contributed by atoms with van der Waals surface area (Å²) in [6.45, 7) is 0.527. The Labute approximate surface area is 105 Å². The Bertz CT molecular complexity index is 637. The van der Waals surface area contributed by atoms with Gasteiger partial charge < -0.3 is 5.73 Å². The molecule has 0 saturated heterocycles. The van der Waals surface area contributed by atoms with Crippen molar-refractivity contribution in [2.45, 2.75) is 6.54 Å². The molecule has 0 aliphatic heterocycles. The quantitative estimate of drug-likeness (QED) is 0.776. The average Bonchev–Trinajstić information content (AvgIpc) is 2.91.